The topological polar surface area (TPSA) is 46.5 Å². The molecule has 0 unspecified atom stereocenters. The Morgan fingerprint density at radius 1 is 1.47 bits per heavy atom. The molecule has 1 aromatic rings. The molecule has 15 heavy (non-hydrogen) atoms. The van der Waals surface area contributed by atoms with Gasteiger partial charge in [0.25, 0.3) is 0 Å². The largest absolute Gasteiger partial charge is 0.496 e. The number of methoxy groups -OCH3 is 1. The van der Waals surface area contributed by atoms with Crippen LogP contribution in [0.2, 0.25) is 5.02 Å². The fourth-order valence-electron chi connectivity index (χ4n) is 1.35. The van der Waals surface area contributed by atoms with Gasteiger partial charge in [0.1, 0.15) is 11.3 Å². The summed E-state index contributed by atoms with van der Waals surface area (Å²) < 4.78 is 5.01. The van der Waals surface area contributed by atoms with Crippen molar-refractivity contribution in [2.24, 2.45) is 0 Å². The predicted octanol–water partition coefficient (Wildman–Crippen LogP) is 3.17. The van der Waals surface area contributed by atoms with E-state index in [2.05, 4.69) is 0 Å². The molecule has 0 aliphatic rings. The van der Waals surface area contributed by atoms with Crippen molar-refractivity contribution in [3.05, 3.63) is 28.3 Å². The van der Waals surface area contributed by atoms with E-state index in [1.807, 2.05) is 13.8 Å². The highest BCUT2D eigenvalue weighted by Crippen LogP contribution is 2.31. The first-order valence-corrected chi connectivity index (χ1v) is 4.96. The molecule has 1 N–H and O–H groups in total. The van der Waals surface area contributed by atoms with Crippen LogP contribution in [0.5, 0.6) is 5.75 Å². The molecule has 0 bridgehead atoms. The summed E-state index contributed by atoms with van der Waals surface area (Å²) in [6.45, 7) is 3.97. The molecule has 0 radical (unpaired) electrons. The first-order chi connectivity index (χ1) is 6.97. The van der Waals surface area contributed by atoms with Crippen LogP contribution in [0.4, 0.5) is 0 Å². The van der Waals surface area contributed by atoms with Crippen LogP contribution in [0.1, 0.15) is 35.7 Å². The SMILES string of the molecule is COc1cc(C(C)C)c(Cl)cc1C(=O)O. The molecule has 0 aliphatic heterocycles. The molecule has 0 spiro atoms. The molecule has 0 heterocycles. The van der Waals surface area contributed by atoms with E-state index in [0.717, 1.165) is 5.56 Å². The van der Waals surface area contributed by atoms with Crippen molar-refractivity contribution in [3.8, 4) is 5.75 Å². The van der Waals surface area contributed by atoms with Crippen LogP contribution in [0.15, 0.2) is 12.1 Å². The zero-order valence-electron chi connectivity index (χ0n) is 8.87. The summed E-state index contributed by atoms with van der Waals surface area (Å²) in [5, 5.41) is 9.37. The van der Waals surface area contributed by atoms with Crippen LogP contribution >= 0.6 is 11.6 Å². The highest BCUT2D eigenvalue weighted by atomic mass is 35.5. The van der Waals surface area contributed by atoms with Gasteiger partial charge in [-0.1, -0.05) is 25.4 Å². The molecular weight excluding hydrogens is 216 g/mol. The summed E-state index contributed by atoms with van der Waals surface area (Å²) in [5.41, 5.74) is 0.977. The molecular formula is C11H13ClO3. The van der Waals surface area contributed by atoms with E-state index in [0.29, 0.717) is 10.8 Å². The number of hydrogen-bond acceptors (Lipinski definition) is 2. The van der Waals surface area contributed by atoms with Crippen LogP contribution in [0.3, 0.4) is 0 Å². The van der Waals surface area contributed by atoms with Gasteiger partial charge in [-0.2, -0.15) is 0 Å². The summed E-state index contributed by atoms with van der Waals surface area (Å²) in [7, 11) is 1.44. The Morgan fingerprint density at radius 3 is 2.47 bits per heavy atom. The maximum atomic E-state index is 10.9. The second kappa shape index (κ2) is 4.53. The molecule has 0 saturated heterocycles. The van der Waals surface area contributed by atoms with Crippen molar-refractivity contribution in [1.82, 2.24) is 0 Å². The summed E-state index contributed by atoms with van der Waals surface area (Å²) >= 11 is 5.98. The summed E-state index contributed by atoms with van der Waals surface area (Å²) in [5.74, 6) is -0.464. The molecule has 0 amide bonds. The van der Waals surface area contributed by atoms with Crippen molar-refractivity contribution in [2.45, 2.75) is 19.8 Å². The summed E-state index contributed by atoms with van der Waals surface area (Å²) in [4.78, 5) is 10.9. The Balaban J connectivity index is 3.35. The molecule has 3 nitrogen and oxygen atoms in total. The van der Waals surface area contributed by atoms with E-state index in [4.69, 9.17) is 21.4 Å². The van der Waals surface area contributed by atoms with Gasteiger partial charge in [0, 0.05) is 5.02 Å². The predicted molar refractivity (Wildman–Crippen MR) is 59.1 cm³/mol. The van der Waals surface area contributed by atoms with Gasteiger partial charge in [0.2, 0.25) is 0 Å². The average molecular weight is 229 g/mol. The third-order valence-electron chi connectivity index (χ3n) is 2.17. The normalized spacial score (nSPS) is 10.5. The third-order valence-corrected chi connectivity index (χ3v) is 2.50. The lowest BCUT2D eigenvalue weighted by Gasteiger charge is -2.12. The van der Waals surface area contributed by atoms with Crippen LogP contribution in [-0.2, 0) is 0 Å². The summed E-state index contributed by atoms with van der Waals surface area (Å²) in [6.07, 6.45) is 0. The molecule has 82 valence electrons. The number of hydrogen-bond donors (Lipinski definition) is 1. The minimum atomic E-state index is -1.04. The highest BCUT2D eigenvalue weighted by Gasteiger charge is 2.15. The molecule has 0 fully saturated rings. The van der Waals surface area contributed by atoms with Crippen molar-refractivity contribution in [3.63, 3.8) is 0 Å². The van der Waals surface area contributed by atoms with Crippen LogP contribution in [-0.4, -0.2) is 18.2 Å². The highest BCUT2D eigenvalue weighted by molar-refractivity contribution is 6.31. The number of aromatic carboxylic acids is 1. The number of ether oxygens (including phenoxy) is 1. The van der Waals surface area contributed by atoms with Gasteiger partial charge in [-0.25, -0.2) is 4.79 Å². The van der Waals surface area contributed by atoms with E-state index in [-0.39, 0.29) is 11.5 Å². The quantitative estimate of drug-likeness (QED) is 0.865. The Hall–Kier alpha value is -1.22. The first kappa shape index (κ1) is 11.9. The standard InChI is InChI=1S/C11H13ClO3/c1-6(2)7-5-10(15-3)8(11(13)14)4-9(7)12/h4-6H,1-3H3,(H,13,14). The monoisotopic (exact) mass is 228 g/mol. The molecule has 0 atom stereocenters. The van der Waals surface area contributed by atoms with E-state index < -0.39 is 5.97 Å². The van der Waals surface area contributed by atoms with Crippen molar-refractivity contribution in [2.75, 3.05) is 7.11 Å². The molecule has 4 heteroatoms. The molecule has 0 aromatic heterocycles. The van der Waals surface area contributed by atoms with Crippen molar-refractivity contribution < 1.29 is 14.6 Å². The number of rotatable bonds is 3. The number of carbonyl (C=O) groups is 1. The maximum Gasteiger partial charge on any atom is 0.339 e. The Bertz CT molecular complexity index is 386. The fourth-order valence-corrected chi connectivity index (χ4v) is 1.73. The Kier molecular flexibility index (Phi) is 3.58. The van der Waals surface area contributed by atoms with Crippen LogP contribution in [0, 0.1) is 0 Å². The smallest absolute Gasteiger partial charge is 0.339 e. The van der Waals surface area contributed by atoms with Gasteiger partial charge < -0.3 is 9.84 Å². The third kappa shape index (κ3) is 2.42. The van der Waals surface area contributed by atoms with Crippen LogP contribution < -0.4 is 4.74 Å². The minimum absolute atomic E-state index is 0.0897. The lowest BCUT2D eigenvalue weighted by atomic mass is 10.0. The zero-order chi connectivity index (χ0) is 11.6. The summed E-state index contributed by atoms with van der Waals surface area (Å²) in [6, 6.07) is 3.11. The Morgan fingerprint density at radius 2 is 2.07 bits per heavy atom. The van der Waals surface area contributed by atoms with Gasteiger partial charge in [-0.15, -0.1) is 0 Å². The van der Waals surface area contributed by atoms with E-state index >= 15 is 0 Å². The van der Waals surface area contributed by atoms with E-state index in [9.17, 15) is 4.79 Å². The molecule has 0 aliphatic carbocycles. The number of halogens is 1. The average Bonchev–Trinajstić information content (AvgIpc) is 2.16. The second-order valence-electron chi connectivity index (χ2n) is 3.53. The first-order valence-electron chi connectivity index (χ1n) is 4.58. The van der Waals surface area contributed by atoms with Gasteiger partial charge in [0.15, 0.2) is 0 Å². The molecule has 1 rings (SSSR count). The number of carboxylic acids is 1. The van der Waals surface area contributed by atoms with Gasteiger partial charge in [0.05, 0.1) is 7.11 Å². The lowest BCUT2D eigenvalue weighted by Crippen LogP contribution is -2.02. The van der Waals surface area contributed by atoms with Gasteiger partial charge in [-0.05, 0) is 23.6 Å². The minimum Gasteiger partial charge on any atom is -0.496 e. The van der Waals surface area contributed by atoms with E-state index in [1.165, 1.54) is 13.2 Å². The molecule has 0 saturated carbocycles. The van der Waals surface area contributed by atoms with Gasteiger partial charge in [-0.3, -0.25) is 0 Å². The van der Waals surface area contributed by atoms with Gasteiger partial charge >= 0.3 is 5.97 Å². The van der Waals surface area contributed by atoms with Crippen LogP contribution in [0.25, 0.3) is 0 Å². The fraction of sp³-hybridized carbons (Fsp3) is 0.364. The van der Waals surface area contributed by atoms with E-state index in [1.54, 1.807) is 6.07 Å². The molecule has 1 aromatic carbocycles. The zero-order valence-corrected chi connectivity index (χ0v) is 9.63. The number of benzene rings is 1. The van der Waals surface area contributed by atoms with Crippen molar-refractivity contribution in [1.29, 1.82) is 0 Å². The maximum absolute atomic E-state index is 10.9. The number of carboxylic acid groups (broad SMARTS) is 1. The lowest BCUT2D eigenvalue weighted by molar-refractivity contribution is 0.0693. The second-order valence-corrected chi connectivity index (χ2v) is 3.94. The van der Waals surface area contributed by atoms with Crippen molar-refractivity contribution >= 4 is 17.6 Å². The Labute approximate surface area is 93.6 Å².